The van der Waals surface area contributed by atoms with Crippen molar-refractivity contribution < 1.29 is 5.11 Å². The lowest BCUT2D eigenvalue weighted by Crippen LogP contribution is -2.36. The predicted molar refractivity (Wildman–Crippen MR) is 89.7 cm³/mol. The topological polar surface area (TPSA) is 35.5 Å². The summed E-state index contributed by atoms with van der Waals surface area (Å²) in [5.41, 5.74) is 2.70. The Bertz CT molecular complexity index is 397. The van der Waals surface area contributed by atoms with Crippen LogP contribution in [0.2, 0.25) is 0 Å². The van der Waals surface area contributed by atoms with Gasteiger partial charge in [-0.25, -0.2) is 0 Å². The number of anilines is 1. The molecular formula is C18H30N2O. The average molecular weight is 290 g/mol. The van der Waals surface area contributed by atoms with E-state index in [2.05, 4.69) is 48.3 Å². The zero-order valence-corrected chi connectivity index (χ0v) is 13.6. The van der Waals surface area contributed by atoms with Crippen LogP contribution in [0.25, 0.3) is 0 Å². The van der Waals surface area contributed by atoms with E-state index in [1.807, 2.05) is 0 Å². The molecule has 1 aliphatic rings. The zero-order valence-electron chi connectivity index (χ0n) is 13.6. The normalized spacial score (nSPS) is 15.7. The van der Waals surface area contributed by atoms with Crippen molar-refractivity contribution in [1.29, 1.82) is 0 Å². The van der Waals surface area contributed by atoms with E-state index in [1.165, 1.54) is 37.2 Å². The first-order valence-corrected chi connectivity index (χ1v) is 8.38. The van der Waals surface area contributed by atoms with Crippen molar-refractivity contribution in [2.75, 3.05) is 31.1 Å². The molecule has 118 valence electrons. The monoisotopic (exact) mass is 290 g/mol. The van der Waals surface area contributed by atoms with E-state index in [4.69, 9.17) is 0 Å². The van der Waals surface area contributed by atoms with Gasteiger partial charge in [-0.2, -0.15) is 0 Å². The number of aliphatic hydroxyl groups excluding tert-OH is 1. The molecule has 0 amide bonds. The molecule has 2 N–H and O–H groups in total. The van der Waals surface area contributed by atoms with Gasteiger partial charge >= 0.3 is 0 Å². The van der Waals surface area contributed by atoms with Gasteiger partial charge in [0.2, 0.25) is 0 Å². The highest BCUT2D eigenvalue weighted by Crippen LogP contribution is 2.25. The second-order valence-corrected chi connectivity index (χ2v) is 6.33. The van der Waals surface area contributed by atoms with Crippen LogP contribution in [-0.2, 0) is 6.54 Å². The van der Waals surface area contributed by atoms with Crippen LogP contribution in [0.1, 0.15) is 45.1 Å². The molecule has 0 saturated carbocycles. The van der Waals surface area contributed by atoms with Gasteiger partial charge in [0.25, 0.3) is 0 Å². The van der Waals surface area contributed by atoms with E-state index in [-0.39, 0.29) is 12.0 Å². The molecule has 2 rings (SSSR count). The molecule has 1 aromatic rings. The van der Waals surface area contributed by atoms with Gasteiger partial charge in [-0.3, -0.25) is 0 Å². The third-order valence-corrected chi connectivity index (χ3v) is 5.07. The van der Waals surface area contributed by atoms with E-state index in [1.54, 1.807) is 0 Å². The Kier molecular flexibility index (Phi) is 6.07. The average Bonchev–Trinajstić information content (AvgIpc) is 3.07. The first-order valence-electron chi connectivity index (χ1n) is 8.38. The maximum absolute atomic E-state index is 9.59. The van der Waals surface area contributed by atoms with Crippen molar-refractivity contribution in [1.82, 2.24) is 5.32 Å². The molecular weight excluding hydrogens is 260 g/mol. The second kappa shape index (κ2) is 7.81. The predicted octanol–water partition coefficient (Wildman–Crippen LogP) is 3.18. The fraction of sp³-hybridized carbons (Fsp3) is 0.667. The number of hydrogen-bond donors (Lipinski definition) is 2. The number of nitrogens with zero attached hydrogens (tertiary/aromatic N) is 1. The highest BCUT2D eigenvalue weighted by Gasteiger charge is 2.24. The molecule has 0 aromatic heterocycles. The van der Waals surface area contributed by atoms with E-state index in [9.17, 15) is 5.11 Å². The molecule has 3 heteroatoms. The summed E-state index contributed by atoms with van der Waals surface area (Å²) >= 11 is 0. The molecule has 1 aliphatic heterocycles. The molecule has 0 aliphatic carbocycles. The lowest BCUT2D eigenvalue weighted by Gasteiger charge is -2.29. The van der Waals surface area contributed by atoms with E-state index >= 15 is 0 Å². The van der Waals surface area contributed by atoms with E-state index < -0.39 is 0 Å². The number of rotatable bonds is 8. The molecule has 0 radical (unpaired) electrons. The molecule has 21 heavy (non-hydrogen) atoms. The Morgan fingerprint density at radius 3 is 2.24 bits per heavy atom. The van der Waals surface area contributed by atoms with Gasteiger partial charge in [-0.1, -0.05) is 26.0 Å². The minimum atomic E-state index is 0.0372. The molecule has 0 unspecified atom stereocenters. The summed E-state index contributed by atoms with van der Waals surface area (Å²) in [6.07, 6.45) is 4.67. The lowest BCUT2D eigenvalue weighted by atomic mass is 9.83. The molecule has 0 atom stereocenters. The SMILES string of the molecule is CCC(CC)(CO)CNCc1ccc(N2CCCC2)cc1. The minimum absolute atomic E-state index is 0.0372. The largest absolute Gasteiger partial charge is 0.396 e. The van der Waals surface area contributed by atoms with E-state index in [0.717, 1.165) is 25.9 Å². The third-order valence-electron chi connectivity index (χ3n) is 5.07. The molecule has 0 bridgehead atoms. The Balaban J connectivity index is 1.83. The van der Waals surface area contributed by atoms with Crippen molar-refractivity contribution >= 4 is 5.69 Å². The van der Waals surface area contributed by atoms with Crippen LogP contribution >= 0.6 is 0 Å². The van der Waals surface area contributed by atoms with Crippen molar-refractivity contribution in [2.24, 2.45) is 5.41 Å². The Morgan fingerprint density at radius 2 is 1.71 bits per heavy atom. The summed E-state index contributed by atoms with van der Waals surface area (Å²) in [5.74, 6) is 0. The van der Waals surface area contributed by atoms with Crippen LogP contribution in [-0.4, -0.2) is 31.3 Å². The first kappa shape index (κ1) is 16.3. The van der Waals surface area contributed by atoms with Gasteiger partial charge in [0.05, 0.1) is 0 Å². The number of aliphatic hydroxyl groups is 1. The Morgan fingerprint density at radius 1 is 1.10 bits per heavy atom. The fourth-order valence-corrected chi connectivity index (χ4v) is 3.05. The maximum atomic E-state index is 9.59. The van der Waals surface area contributed by atoms with Crippen molar-refractivity contribution in [2.45, 2.75) is 46.1 Å². The number of hydrogen-bond acceptors (Lipinski definition) is 3. The van der Waals surface area contributed by atoms with Crippen molar-refractivity contribution in [3.8, 4) is 0 Å². The molecule has 1 aromatic carbocycles. The van der Waals surface area contributed by atoms with Crippen LogP contribution in [0.5, 0.6) is 0 Å². The Hall–Kier alpha value is -1.06. The van der Waals surface area contributed by atoms with Gasteiger partial charge in [-0.05, 0) is 43.4 Å². The summed E-state index contributed by atoms with van der Waals surface area (Å²) in [7, 11) is 0. The van der Waals surface area contributed by atoms with Crippen LogP contribution in [0.3, 0.4) is 0 Å². The van der Waals surface area contributed by atoms with Gasteiger partial charge in [0.15, 0.2) is 0 Å². The quantitative estimate of drug-likeness (QED) is 0.772. The summed E-state index contributed by atoms with van der Waals surface area (Å²) in [6.45, 7) is 8.74. The summed E-state index contributed by atoms with van der Waals surface area (Å²) in [6, 6.07) is 8.92. The van der Waals surface area contributed by atoms with Gasteiger partial charge in [0.1, 0.15) is 0 Å². The minimum Gasteiger partial charge on any atom is -0.396 e. The summed E-state index contributed by atoms with van der Waals surface area (Å²) < 4.78 is 0. The molecule has 0 spiro atoms. The maximum Gasteiger partial charge on any atom is 0.0499 e. The highest BCUT2D eigenvalue weighted by atomic mass is 16.3. The standard InChI is InChI=1S/C18H30N2O/c1-3-18(4-2,15-21)14-19-13-16-7-9-17(10-8-16)20-11-5-6-12-20/h7-10,19,21H,3-6,11-15H2,1-2H3. The fourth-order valence-electron chi connectivity index (χ4n) is 3.05. The summed E-state index contributed by atoms with van der Waals surface area (Å²) in [4.78, 5) is 2.46. The van der Waals surface area contributed by atoms with Crippen LogP contribution in [0.15, 0.2) is 24.3 Å². The van der Waals surface area contributed by atoms with Crippen molar-refractivity contribution in [3.05, 3.63) is 29.8 Å². The molecule has 1 heterocycles. The van der Waals surface area contributed by atoms with Crippen molar-refractivity contribution in [3.63, 3.8) is 0 Å². The van der Waals surface area contributed by atoms with Gasteiger partial charge in [0, 0.05) is 43.9 Å². The summed E-state index contributed by atoms with van der Waals surface area (Å²) in [5, 5.41) is 13.1. The van der Waals surface area contributed by atoms with Crippen LogP contribution in [0, 0.1) is 5.41 Å². The molecule has 1 saturated heterocycles. The second-order valence-electron chi connectivity index (χ2n) is 6.33. The third kappa shape index (κ3) is 4.21. The number of benzene rings is 1. The van der Waals surface area contributed by atoms with Gasteiger partial charge in [-0.15, -0.1) is 0 Å². The van der Waals surface area contributed by atoms with Gasteiger partial charge < -0.3 is 15.3 Å². The molecule has 1 fully saturated rings. The van der Waals surface area contributed by atoms with Crippen LogP contribution < -0.4 is 10.2 Å². The lowest BCUT2D eigenvalue weighted by molar-refractivity contribution is 0.113. The zero-order chi connectivity index (χ0) is 15.1. The molecule has 3 nitrogen and oxygen atoms in total. The Labute approximate surface area is 129 Å². The first-order chi connectivity index (χ1) is 10.2. The van der Waals surface area contributed by atoms with E-state index in [0.29, 0.717) is 0 Å². The smallest absolute Gasteiger partial charge is 0.0499 e. The van der Waals surface area contributed by atoms with Crippen LogP contribution in [0.4, 0.5) is 5.69 Å². The number of nitrogens with one attached hydrogen (secondary N) is 1. The highest BCUT2D eigenvalue weighted by molar-refractivity contribution is 5.48.